The largest absolute Gasteiger partial charge is 0.416 e. The number of halogens is 6. The molecule has 0 unspecified atom stereocenters. The van der Waals surface area contributed by atoms with Gasteiger partial charge >= 0.3 is 12.4 Å². The van der Waals surface area contributed by atoms with E-state index in [2.05, 4.69) is 123 Å². The number of benzene rings is 11. The summed E-state index contributed by atoms with van der Waals surface area (Å²) in [7, 11) is 0. The molecule has 3 nitrogen and oxygen atoms in total. The zero-order valence-corrected chi connectivity index (χ0v) is 45.0. The Morgan fingerprint density at radius 2 is 0.634 bits per heavy atom. The van der Waals surface area contributed by atoms with E-state index < -0.39 is 23.5 Å². The predicted molar refractivity (Wildman–Crippen MR) is 321 cm³/mol. The molecule has 0 aliphatic carbocycles. The molecule has 0 aliphatic heterocycles. The standard InChI is InChI=1S/C73H49F6N3/c1-43-15-5-9-20-55(43)47-27-31-64-60(37-47)61-38-48(56-21-10-6-16-44(56)2)28-32-65(61)81(64)68-25-13-19-51(42-80)70(68)71-59(52-35-53(72(74,75)76)41-54(36-52)73(77,78)79)24-14-26-69(71)82-66-33-29-49(57-22-11-7-17-45(57)3)39-62(66)63-40-50(30-34-67(63)82)58-23-12-8-18-46(58)4/h5-41H,1-4H3. The number of nitrogens with zero attached hydrogens (tertiary/aromatic N) is 3. The number of hydrogen-bond donors (Lipinski definition) is 0. The maximum absolute atomic E-state index is 15.1. The van der Waals surface area contributed by atoms with Crippen LogP contribution in [0.4, 0.5) is 26.3 Å². The highest BCUT2D eigenvalue weighted by Crippen LogP contribution is 2.49. The summed E-state index contributed by atoms with van der Waals surface area (Å²) in [4.78, 5) is 0. The molecular weight excluding hydrogens is 1030 g/mol. The zero-order chi connectivity index (χ0) is 56.8. The van der Waals surface area contributed by atoms with Gasteiger partial charge in [-0.2, -0.15) is 31.6 Å². The van der Waals surface area contributed by atoms with Crippen LogP contribution in [0, 0.1) is 39.0 Å². The zero-order valence-electron chi connectivity index (χ0n) is 45.0. The molecule has 0 saturated carbocycles. The van der Waals surface area contributed by atoms with Crippen molar-refractivity contribution in [2.75, 3.05) is 0 Å². The highest BCUT2D eigenvalue weighted by Gasteiger charge is 2.38. The molecule has 0 amide bonds. The highest BCUT2D eigenvalue weighted by atomic mass is 19.4. The van der Waals surface area contributed by atoms with E-state index in [-0.39, 0.29) is 28.3 Å². The van der Waals surface area contributed by atoms with Crippen molar-refractivity contribution in [2.24, 2.45) is 0 Å². The van der Waals surface area contributed by atoms with E-state index in [1.807, 2.05) is 102 Å². The van der Waals surface area contributed by atoms with E-state index >= 15 is 26.3 Å². The van der Waals surface area contributed by atoms with E-state index in [0.29, 0.717) is 16.9 Å². The lowest BCUT2D eigenvalue weighted by atomic mass is 9.87. The fraction of sp³-hybridized carbons (Fsp3) is 0.0822. The van der Waals surface area contributed by atoms with Crippen LogP contribution in [0.3, 0.4) is 0 Å². The Balaban J connectivity index is 1.18. The van der Waals surface area contributed by atoms with Gasteiger partial charge in [-0.1, -0.05) is 140 Å². The van der Waals surface area contributed by atoms with Crippen LogP contribution in [0.1, 0.15) is 38.9 Å². The van der Waals surface area contributed by atoms with Crippen LogP contribution in [-0.2, 0) is 12.4 Å². The average Bonchev–Trinajstić information content (AvgIpc) is 2.97. The molecule has 13 rings (SSSR count). The third-order valence-corrected chi connectivity index (χ3v) is 16.2. The van der Waals surface area contributed by atoms with Gasteiger partial charge in [-0.15, -0.1) is 0 Å². The Morgan fingerprint density at radius 1 is 0.317 bits per heavy atom. The Hall–Kier alpha value is -9.91. The monoisotopic (exact) mass is 1080 g/mol. The molecule has 2 heterocycles. The summed E-state index contributed by atoms with van der Waals surface area (Å²) in [6.45, 7) is 8.25. The summed E-state index contributed by atoms with van der Waals surface area (Å²) in [5.74, 6) is 0. The number of alkyl halides is 6. The first kappa shape index (κ1) is 51.5. The van der Waals surface area contributed by atoms with Gasteiger partial charge in [0.1, 0.15) is 0 Å². The van der Waals surface area contributed by atoms with Gasteiger partial charge < -0.3 is 9.13 Å². The second kappa shape index (κ2) is 19.7. The molecule has 0 N–H and O–H groups in total. The van der Waals surface area contributed by atoms with Gasteiger partial charge in [-0.05, 0) is 191 Å². The van der Waals surface area contributed by atoms with Gasteiger partial charge in [-0.3, -0.25) is 0 Å². The van der Waals surface area contributed by atoms with Crippen LogP contribution in [0.2, 0.25) is 0 Å². The Kier molecular flexibility index (Phi) is 12.4. The molecule has 11 aromatic carbocycles. The Morgan fingerprint density at radius 3 is 0.963 bits per heavy atom. The van der Waals surface area contributed by atoms with Gasteiger partial charge in [0.15, 0.2) is 0 Å². The smallest absolute Gasteiger partial charge is 0.309 e. The third-order valence-electron chi connectivity index (χ3n) is 16.2. The number of aromatic nitrogens is 2. The molecule has 0 atom stereocenters. The third kappa shape index (κ3) is 8.70. The molecule has 0 radical (unpaired) electrons. The summed E-state index contributed by atoms with van der Waals surface area (Å²) in [6, 6.07) is 72.1. The van der Waals surface area contributed by atoms with Gasteiger partial charge in [-0.25, -0.2) is 0 Å². The molecule has 9 heteroatoms. The maximum Gasteiger partial charge on any atom is 0.416 e. The molecule has 0 spiro atoms. The predicted octanol–water partition coefficient (Wildman–Crippen LogP) is 21.0. The second-order valence-corrected chi connectivity index (χ2v) is 21.2. The molecule has 0 saturated heterocycles. The molecular formula is C73H49F6N3. The second-order valence-electron chi connectivity index (χ2n) is 21.2. The van der Waals surface area contributed by atoms with Gasteiger partial charge in [0, 0.05) is 32.7 Å². The molecule has 82 heavy (non-hydrogen) atoms. The first-order valence-electron chi connectivity index (χ1n) is 26.9. The van der Waals surface area contributed by atoms with Crippen LogP contribution < -0.4 is 0 Å². The van der Waals surface area contributed by atoms with Crippen molar-refractivity contribution in [3.63, 3.8) is 0 Å². The SMILES string of the molecule is Cc1ccccc1-c1ccc2c(c1)c1cc(-c3ccccc3C)ccc1n2-c1cccc(C#N)c1-c1c(-c2cc(C(F)(F)F)cc(C(F)(F)F)c2)cccc1-n1c2ccc(-c3ccccc3C)cc2c2cc(-c3ccccc3C)ccc21. The number of fused-ring (bicyclic) bond motifs is 6. The minimum atomic E-state index is -5.14. The summed E-state index contributed by atoms with van der Waals surface area (Å²) < 4.78 is 94.4. The van der Waals surface area contributed by atoms with Crippen molar-refractivity contribution in [3.05, 3.63) is 263 Å². The normalized spacial score (nSPS) is 12.0. The minimum Gasteiger partial charge on any atom is -0.309 e. The van der Waals surface area contributed by atoms with Crippen molar-refractivity contribution in [3.8, 4) is 84.2 Å². The lowest BCUT2D eigenvalue weighted by Gasteiger charge is -2.23. The molecule has 13 aromatic rings. The van der Waals surface area contributed by atoms with E-state index in [4.69, 9.17) is 0 Å². The van der Waals surface area contributed by atoms with Crippen molar-refractivity contribution >= 4 is 43.6 Å². The summed E-state index contributed by atoms with van der Waals surface area (Å²) >= 11 is 0. The number of hydrogen-bond acceptors (Lipinski definition) is 1. The fourth-order valence-electron chi connectivity index (χ4n) is 12.2. The van der Waals surface area contributed by atoms with Crippen LogP contribution >= 0.6 is 0 Å². The van der Waals surface area contributed by atoms with E-state index in [1.54, 1.807) is 24.3 Å². The summed E-state index contributed by atoms with van der Waals surface area (Å²) in [5, 5.41) is 15.0. The van der Waals surface area contributed by atoms with Crippen molar-refractivity contribution < 1.29 is 26.3 Å². The van der Waals surface area contributed by atoms with Gasteiger partial charge in [0.2, 0.25) is 0 Å². The first-order chi connectivity index (χ1) is 39.5. The molecule has 0 fully saturated rings. The van der Waals surface area contributed by atoms with Gasteiger partial charge in [0.05, 0.1) is 56.2 Å². The number of nitriles is 1. The molecule has 398 valence electrons. The quantitative estimate of drug-likeness (QED) is 0.140. The Bertz CT molecular complexity index is 4560. The molecule has 0 bridgehead atoms. The number of aryl methyl sites for hydroxylation is 4. The van der Waals surface area contributed by atoms with Crippen LogP contribution in [0.25, 0.3) is 122 Å². The number of rotatable bonds is 8. The van der Waals surface area contributed by atoms with Crippen molar-refractivity contribution in [1.82, 2.24) is 9.13 Å². The van der Waals surface area contributed by atoms with E-state index in [9.17, 15) is 5.26 Å². The highest BCUT2D eigenvalue weighted by molar-refractivity contribution is 6.15. The van der Waals surface area contributed by atoms with Gasteiger partial charge in [0.25, 0.3) is 0 Å². The average molecular weight is 1080 g/mol. The van der Waals surface area contributed by atoms with E-state index in [1.165, 1.54) is 0 Å². The lowest BCUT2D eigenvalue weighted by molar-refractivity contribution is -0.143. The van der Waals surface area contributed by atoms with Crippen LogP contribution in [0.5, 0.6) is 0 Å². The first-order valence-corrected chi connectivity index (χ1v) is 26.9. The van der Waals surface area contributed by atoms with E-state index in [0.717, 1.165) is 123 Å². The van der Waals surface area contributed by atoms with Crippen LogP contribution in [-0.4, -0.2) is 9.13 Å². The van der Waals surface area contributed by atoms with Crippen LogP contribution in [0.15, 0.2) is 224 Å². The summed E-state index contributed by atoms with van der Waals surface area (Å²) in [6.07, 6.45) is -10.3. The molecule has 0 aliphatic rings. The topological polar surface area (TPSA) is 33.6 Å². The Labute approximate surface area is 469 Å². The lowest BCUT2D eigenvalue weighted by Crippen LogP contribution is -2.11. The minimum absolute atomic E-state index is 0.0607. The summed E-state index contributed by atoms with van der Waals surface area (Å²) in [5.41, 5.74) is 13.9. The van der Waals surface area contributed by atoms with Crippen molar-refractivity contribution in [2.45, 2.75) is 40.0 Å². The maximum atomic E-state index is 15.1. The fourth-order valence-corrected chi connectivity index (χ4v) is 12.2. The van der Waals surface area contributed by atoms with Crippen molar-refractivity contribution in [1.29, 1.82) is 5.26 Å². The molecule has 2 aromatic heterocycles.